The molecule has 2 N–H and O–H groups in total. The molecule has 1 aromatic carbocycles. The van der Waals surface area contributed by atoms with Crippen LogP contribution in [0.2, 0.25) is 0 Å². The summed E-state index contributed by atoms with van der Waals surface area (Å²) < 4.78 is 6.06. The molecule has 1 atom stereocenters. The fraction of sp³-hybridized carbons (Fsp3) is 0.625. The van der Waals surface area contributed by atoms with Crippen molar-refractivity contribution < 1.29 is 4.74 Å². The first-order valence-electron chi connectivity index (χ1n) is 7.37. The lowest BCUT2D eigenvalue weighted by atomic mass is 9.64. The van der Waals surface area contributed by atoms with Crippen molar-refractivity contribution in [2.45, 2.75) is 43.6 Å². The standard InChI is InChI=1S/C16H23NOS/c17-12-16(8-2-9-16)13-4-6-14(7-5-13)18-15-3-1-10-19-11-15/h4-7,15H,1-3,8-12,17H2. The molecule has 19 heavy (non-hydrogen) atoms. The van der Waals surface area contributed by atoms with Crippen LogP contribution in [0.5, 0.6) is 5.75 Å². The molecule has 2 fully saturated rings. The molecular formula is C16H23NOS. The van der Waals surface area contributed by atoms with Gasteiger partial charge in [0.1, 0.15) is 11.9 Å². The Morgan fingerprint density at radius 1 is 1.21 bits per heavy atom. The summed E-state index contributed by atoms with van der Waals surface area (Å²) in [5, 5.41) is 0. The van der Waals surface area contributed by atoms with Gasteiger partial charge in [-0.3, -0.25) is 0 Å². The Morgan fingerprint density at radius 2 is 2.00 bits per heavy atom. The van der Waals surface area contributed by atoms with Crippen LogP contribution >= 0.6 is 11.8 Å². The lowest BCUT2D eigenvalue weighted by molar-refractivity contribution is 0.211. The van der Waals surface area contributed by atoms with Crippen LogP contribution in [0.25, 0.3) is 0 Å². The summed E-state index contributed by atoms with van der Waals surface area (Å²) in [5.74, 6) is 3.44. The van der Waals surface area contributed by atoms with Gasteiger partial charge >= 0.3 is 0 Å². The molecule has 2 aliphatic rings. The van der Waals surface area contributed by atoms with Crippen LogP contribution in [-0.2, 0) is 5.41 Å². The normalized spacial score (nSPS) is 25.6. The van der Waals surface area contributed by atoms with E-state index in [9.17, 15) is 0 Å². The third-order valence-electron chi connectivity index (χ3n) is 4.59. The Balaban J connectivity index is 1.65. The highest BCUT2D eigenvalue weighted by Crippen LogP contribution is 2.43. The second-order valence-electron chi connectivity index (χ2n) is 5.82. The maximum Gasteiger partial charge on any atom is 0.119 e. The van der Waals surface area contributed by atoms with Crippen LogP contribution in [0.1, 0.15) is 37.7 Å². The van der Waals surface area contributed by atoms with Crippen LogP contribution in [0.15, 0.2) is 24.3 Å². The van der Waals surface area contributed by atoms with Gasteiger partial charge < -0.3 is 10.5 Å². The molecule has 0 radical (unpaired) electrons. The van der Waals surface area contributed by atoms with E-state index < -0.39 is 0 Å². The van der Waals surface area contributed by atoms with Crippen molar-refractivity contribution in [3.63, 3.8) is 0 Å². The summed E-state index contributed by atoms with van der Waals surface area (Å²) in [6.07, 6.45) is 6.67. The van der Waals surface area contributed by atoms with E-state index >= 15 is 0 Å². The first-order chi connectivity index (χ1) is 9.32. The van der Waals surface area contributed by atoms with Crippen molar-refractivity contribution in [2.24, 2.45) is 5.73 Å². The molecule has 3 rings (SSSR count). The number of rotatable bonds is 4. The zero-order chi connectivity index (χ0) is 13.1. The Hall–Kier alpha value is -0.670. The monoisotopic (exact) mass is 277 g/mol. The molecule has 1 saturated carbocycles. The summed E-state index contributed by atoms with van der Waals surface area (Å²) in [7, 11) is 0. The number of ether oxygens (including phenoxy) is 1. The van der Waals surface area contributed by atoms with Crippen molar-refractivity contribution in [3.05, 3.63) is 29.8 Å². The van der Waals surface area contributed by atoms with Crippen molar-refractivity contribution >= 4 is 11.8 Å². The molecule has 1 heterocycles. The van der Waals surface area contributed by atoms with E-state index in [1.54, 1.807) is 0 Å². The quantitative estimate of drug-likeness (QED) is 0.916. The minimum absolute atomic E-state index is 0.263. The van der Waals surface area contributed by atoms with Crippen LogP contribution in [-0.4, -0.2) is 24.2 Å². The van der Waals surface area contributed by atoms with Crippen LogP contribution < -0.4 is 10.5 Å². The Bertz CT molecular complexity index is 402. The first kappa shape index (κ1) is 13.3. The van der Waals surface area contributed by atoms with Crippen LogP contribution in [0, 0.1) is 0 Å². The van der Waals surface area contributed by atoms with Gasteiger partial charge in [0.15, 0.2) is 0 Å². The molecule has 1 saturated heterocycles. The molecule has 2 nitrogen and oxygen atoms in total. The van der Waals surface area contributed by atoms with Gasteiger partial charge in [-0.15, -0.1) is 0 Å². The Kier molecular flexibility index (Phi) is 4.04. The molecule has 0 aromatic heterocycles. The second kappa shape index (κ2) is 5.76. The highest BCUT2D eigenvalue weighted by molar-refractivity contribution is 7.99. The molecule has 1 aliphatic heterocycles. The number of nitrogens with two attached hydrogens (primary N) is 1. The van der Waals surface area contributed by atoms with E-state index in [0.29, 0.717) is 6.10 Å². The average molecular weight is 277 g/mol. The van der Waals surface area contributed by atoms with Gasteiger partial charge in [-0.05, 0) is 49.1 Å². The van der Waals surface area contributed by atoms with Gasteiger partial charge in [-0.2, -0.15) is 11.8 Å². The van der Waals surface area contributed by atoms with Gasteiger partial charge in [0, 0.05) is 17.7 Å². The van der Waals surface area contributed by atoms with Crippen LogP contribution in [0.4, 0.5) is 0 Å². The topological polar surface area (TPSA) is 35.2 Å². The number of thioether (sulfide) groups is 1. The van der Waals surface area contributed by atoms with Crippen LogP contribution in [0.3, 0.4) is 0 Å². The van der Waals surface area contributed by atoms with E-state index in [-0.39, 0.29) is 5.41 Å². The summed E-state index contributed by atoms with van der Waals surface area (Å²) in [6.45, 7) is 0.770. The molecular weight excluding hydrogens is 254 g/mol. The van der Waals surface area contributed by atoms with Gasteiger partial charge in [-0.25, -0.2) is 0 Å². The van der Waals surface area contributed by atoms with Crippen molar-refractivity contribution in [3.8, 4) is 5.75 Å². The second-order valence-corrected chi connectivity index (χ2v) is 6.97. The SMILES string of the molecule is NCC1(c2ccc(OC3CCCSC3)cc2)CCC1. The Labute approximate surface area is 120 Å². The summed E-state index contributed by atoms with van der Waals surface area (Å²) in [4.78, 5) is 0. The van der Waals surface area contributed by atoms with E-state index in [2.05, 4.69) is 24.3 Å². The predicted molar refractivity (Wildman–Crippen MR) is 82.0 cm³/mol. The van der Waals surface area contributed by atoms with E-state index in [0.717, 1.165) is 18.0 Å². The molecule has 0 bridgehead atoms. The van der Waals surface area contributed by atoms with Crippen molar-refractivity contribution in [2.75, 3.05) is 18.1 Å². The molecule has 0 spiro atoms. The maximum absolute atomic E-state index is 6.06. The average Bonchev–Trinajstić information content (AvgIpc) is 2.41. The third-order valence-corrected chi connectivity index (χ3v) is 5.77. The molecule has 104 valence electrons. The fourth-order valence-corrected chi connectivity index (χ4v) is 4.13. The smallest absolute Gasteiger partial charge is 0.119 e. The van der Waals surface area contributed by atoms with Gasteiger partial charge in [0.05, 0.1) is 0 Å². The molecule has 0 amide bonds. The lowest BCUT2D eigenvalue weighted by Gasteiger charge is -2.41. The van der Waals surface area contributed by atoms with Crippen molar-refractivity contribution in [1.82, 2.24) is 0 Å². The van der Waals surface area contributed by atoms with Crippen molar-refractivity contribution in [1.29, 1.82) is 0 Å². The first-order valence-corrected chi connectivity index (χ1v) is 8.53. The largest absolute Gasteiger partial charge is 0.490 e. The minimum atomic E-state index is 0.263. The highest BCUT2D eigenvalue weighted by Gasteiger charge is 2.37. The van der Waals surface area contributed by atoms with E-state index in [1.807, 2.05) is 11.8 Å². The van der Waals surface area contributed by atoms with Gasteiger partial charge in [-0.1, -0.05) is 18.6 Å². The summed E-state index contributed by atoms with van der Waals surface area (Å²) in [6, 6.07) is 8.70. The summed E-state index contributed by atoms with van der Waals surface area (Å²) in [5.41, 5.74) is 7.61. The maximum atomic E-state index is 6.06. The highest BCUT2D eigenvalue weighted by atomic mass is 32.2. The van der Waals surface area contributed by atoms with E-state index in [4.69, 9.17) is 10.5 Å². The zero-order valence-electron chi connectivity index (χ0n) is 11.4. The Morgan fingerprint density at radius 3 is 2.53 bits per heavy atom. The fourth-order valence-electron chi connectivity index (χ4n) is 3.10. The molecule has 1 unspecified atom stereocenters. The summed E-state index contributed by atoms with van der Waals surface area (Å²) >= 11 is 2.00. The van der Waals surface area contributed by atoms with E-state index in [1.165, 1.54) is 43.4 Å². The number of benzene rings is 1. The molecule has 1 aromatic rings. The molecule has 3 heteroatoms. The predicted octanol–water partition coefficient (Wildman–Crippen LogP) is 3.34. The molecule has 1 aliphatic carbocycles. The lowest BCUT2D eigenvalue weighted by Crippen LogP contribution is -2.41. The third kappa shape index (κ3) is 2.77. The number of hydrogen-bond acceptors (Lipinski definition) is 3. The zero-order valence-corrected chi connectivity index (χ0v) is 12.3. The minimum Gasteiger partial charge on any atom is -0.490 e. The number of hydrogen-bond donors (Lipinski definition) is 1. The van der Waals surface area contributed by atoms with Gasteiger partial charge in [0.25, 0.3) is 0 Å². The van der Waals surface area contributed by atoms with Gasteiger partial charge in [0.2, 0.25) is 0 Å².